The Balaban J connectivity index is 1.87. The summed E-state index contributed by atoms with van der Waals surface area (Å²) >= 11 is 1.33. The quantitative estimate of drug-likeness (QED) is 0.454. The number of nitro benzene ring substituents is 1. The molecule has 134 valence electrons. The van der Waals surface area contributed by atoms with Crippen molar-refractivity contribution in [2.45, 2.75) is 23.5 Å². The molecule has 2 amide bonds. The topological polar surface area (TPSA) is 89.8 Å². The number of nitrogens with zero attached hydrogens (tertiary/aromatic N) is 2. The molecule has 0 aromatic heterocycles. The van der Waals surface area contributed by atoms with Crippen molar-refractivity contribution in [2.75, 3.05) is 12.0 Å². The normalized spacial score (nSPS) is 16.8. The Morgan fingerprint density at radius 1 is 1.19 bits per heavy atom. The van der Waals surface area contributed by atoms with Crippen LogP contribution in [0, 0.1) is 17.0 Å². The molecule has 2 aromatic rings. The average molecular weight is 372 g/mol. The van der Waals surface area contributed by atoms with E-state index in [0.29, 0.717) is 0 Å². The highest BCUT2D eigenvalue weighted by Gasteiger charge is 2.41. The largest absolute Gasteiger partial charge is 0.494 e. The molecule has 1 aliphatic rings. The first-order chi connectivity index (χ1) is 12.4. The average Bonchev–Trinajstić information content (AvgIpc) is 2.89. The number of aryl methyl sites for hydroxylation is 1. The number of hydrogen-bond donors (Lipinski definition) is 0. The minimum Gasteiger partial charge on any atom is -0.494 e. The van der Waals surface area contributed by atoms with E-state index in [1.54, 1.807) is 0 Å². The van der Waals surface area contributed by atoms with Gasteiger partial charge in [0.15, 0.2) is 0 Å². The molecule has 0 radical (unpaired) electrons. The summed E-state index contributed by atoms with van der Waals surface area (Å²) in [5.41, 5.74) is 1.16. The van der Waals surface area contributed by atoms with E-state index in [1.165, 1.54) is 37.1 Å². The van der Waals surface area contributed by atoms with Gasteiger partial charge in [-0.3, -0.25) is 19.7 Å². The third-order valence-corrected chi connectivity index (χ3v) is 5.22. The Hall–Kier alpha value is -2.87. The van der Waals surface area contributed by atoms with Crippen LogP contribution in [-0.2, 0) is 9.59 Å². The molecule has 0 bridgehead atoms. The lowest BCUT2D eigenvalue weighted by Crippen LogP contribution is -2.31. The number of carbonyl (C=O) groups is 2. The van der Waals surface area contributed by atoms with Crippen molar-refractivity contribution in [3.8, 4) is 5.75 Å². The van der Waals surface area contributed by atoms with Crippen LogP contribution < -0.4 is 9.64 Å². The molecule has 0 N–H and O–H groups in total. The minimum atomic E-state index is -0.560. The van der Waals surface area contributed by atoms with Crippen LogP contribution in [0.5, 0.6) is 5.75 Å². The molecule has 1 saturated heterocycles. The number of thioether (sulfide) groups is 1. The lowest BCUT2D eigenvalue weighted by atomic mass is 10.2. The summed E-state index contributed by atoms with van der Waals surface area (Å²) in [5, 5.41) is 10.4. The Kier molecular flexibility index (Phi) is 4.94. The third-order valence-electron chi connectivity index (χ3n) is 4.02. The van der Waals surface area contributed by atoms with E-state index in [4.69, 9.17) is 4.74 Å². The maximum Gasteiger partial charge on any atom is 0.273 e. The highest BCUT2D eigenvalue weighted by molar-refractivity contribution is 8.00. The van der Waals surface area contributed by atoms with Gasteiger partial charge in [-0.25, -0.2) is 4.90 Å². The van der Waals surface area contributed by atoms with Gasteiger partial charge in [0.05, 0.1) is 29.0 Å². The lowest BCUT2D eigenvalue weighted by molar-refractivity contribution is -0.384. The number of imide groups is 1. The van der Waals surface area contributed by atoms with Crippen molar-refractivity contribution in [1.82, 2.24) is 0 Å². The maximum absolute atomic E-state index is 12.8. The second kappa shape index (κ2) is 7.17. The number of amides is 2. The van der Waals surface area contributed by atoms with Gasteiger partial charge in [0.2, 0.25) is 11.8 Å². The second-order valence-electron chi connectivity index (χ2n) is 5.80. The summed E-state index contributed by atoms with van der Waals surface area (Å²) in [7, 11) is 1.34. The Morgan fingerprint density at radius 2 is 1.88 bits per heavy atom. The monoisotopic (exact) mass is 372 g/mol. The SMILES string of the molecule is COc1cc([N+](=O)[O-])ccc1N1C(=O)CC(Sc2ccc(C)cc2)C1=O. The van der Waals surface area contributed by atoms with E-state index in [-0.39, 0.29) is 35.4 Å². The number of nitro groups is 1. The Labute approximate surface area is 154 Å². The van der Waals surface area contributed by atoms with Gasteiger partial charge >= 0.3 is 0 Å². The van der Waals surface area contributed by atoms with E-state index in [2.05, 4.69) is 0 Å². The fourth-order valence-electron chi connectivity index (χ4n) is 2.69. The zero-order chi connectivity index (χ0) is 18.8. The van der Waals surface area contributed by atoms with Crippen LogP contribution in [-0.4, -0.2) is 29.1 Å². The van der Waals surface area contributed by atoms with Crippen LogP contribution in [0.25, 0.3) is 0 Å². The predicted octanol–water partition coefficient (Wildman–Crippen LogP) is 3.34. The van der Waals surface area contributed by atoms with Crippen molar-refractivity contribution in [3.63, 3.8) is 0 Å². The maximum atomic E-state index is 12.8. The number of non-ortho nitro benzene ring substituents is 1. The van der Waals surface area contributed by atoms with Gasteiger partial charge in [-0.1, -0.05) is 17.7 Å². The van der Waals surface area contributed by atoms with E-state index in [1.807, 2.05) is 31.2 Å². The molecule has 1 heterocycles. The number of methoxy groups -OCH3 is 1. The zero-order valence-corrected chi connectivity index (χ0v) is 15.0. The number of carbonyl (C=O) groups excluding carboxylic acids is 2. The zero-order valence-electron chi connectivity index (χ0n) is 14.2. The fourth-order valence-corrected chi connectivity index (χ4v) is 3.75. The van der Waals surface area contributed by atoms with Crippen molar-refractivity contribution < 1.29 is 19.2 Å². The molecule has 0 saturated carbocycles. The van der Waals surface area contributed by atoms with Gasteiger partial charge in [0, 0.05) is 17.4 Å². The molecular weight excluding hydrogens is 356 g/mol. The van der Waals surface area contributed by atoms with E-state index in [0.717, 1.165) is 15.4 Å². The van der Waals surface area contributed by atoms with Gasteiger partial charge in [-0.05, 0) is 25.1 Å². The predicted molar refractivity (Wildman–Crippen MR) is 97.6 cm³/mol. The van der Waals surface area contributed by atoms with Crippen molar-refractivity contribution >= 4 is 35.0 Å². The van der Waals surface area contributed by atoms with Crippen LogP contribution in [0.1, 0.15) is 12.0 Å². The summed E-state index contributed by atoms with van der Waals surface area (Å²) in [4.78, 5) is 37.5. The molecule has 0 spiro atoms. The molecule has 1 fully saturated rings. The van der Waals surface area contributed by atoms with Gasteiger partial charge in [0.25, 0.3) is 5.69 Å². The number of anilines is 1. The van der Waals surface area contributed by atoms with E-state index in [9.17, 15) is 19.7 Å². The number of benzene rings is 2. The molecule has 26 heavy (non-hydrogen) atoms. The van der Waals surface area contributed by atoms with Crippen LogP contribution in [0.4, 0.5) is 11.4 Å². The number of hydrogen-bond acceptors (Lipinski definition) is 6. The minimum absolute atomic E-state index is 0.0670. The molecule has 7 nitrogen and oxygen atoms in total. The van der Waals surface area contributed by atoms with E-state index >= 15 is 0 Å². The highest BCUT2D eigenvalue weighted by Crippen LogP contribution is 2.39. The van der Waals surface area contributed by atoms with Crippen molar-refractivity contribution in [1.29, 1.82) is 0 Å². The number of rotatable bonds is 5. The van der Waals surface area contributed by atoms with Crippen molar-refractivity contribution in [2.24, 2.45) is 0 Å². The van der Waals surface area contributed by atoms with Crippen LogP contribution in [0.2, 0.25) is 0 Å². The molecule has 1 unspecified atom stereocenters. The van der Waals surface area contributed by atoms with Gasteiger partial charge < -0.3 is 4.74 Å². The Morgan fingerprint density at radius 3 is 2.50 bits per heavy atom. The van der Waals surface area contributed by atoms with Crippen LogP contribution in [0.3, 0.4) is 0 Å². The smallest absolute Gasteiger partial charge is 0.273 e. The summed E-state index contributed by atoms with van der Waals surface area (Å²) in [6.07, 6.45) is 0.0670. The first kappa shape index (κ1) is 17.9. The molecule has 2 aromatic carbocycles. The first-order valence-corrected chi connectivity index (χ1v) is 8.71. The van der Waals surface area contributed by atoms with Gasteiger partial charge in [-0.15, -0.1) is 11.8 Å². The third kappa shape index (κ3) is 3.41. The summed E-state index contributed by atoms with van der Waals surface area (Å²) in [5.74, 6) is -0.596. The Bertz CT molecular complexity index is 882. The second-order valence-corrected chi connectivity index (χ2v) is 7.08. The van der Waals surface area contributed by atoms with Crippen molar-refractivity contribution in [3.05, 3.63) is 58.1 Å². The molecule has 1 aliphatic heterocycles. The summed E-state index contributed by atoms with van der Waals surface area (Å²) in [6.45, 7) is 1.97. The lowest BCUT2D eigenvalue weighted by Gasteiger charge is -2.17. The number of ether oxygens (including phenoxy) is 1. The standard InChI is InChI=1S/C18H16N2O5S/c1-11-3-6-13(7-4-11)26-16-10-17(21)19(18(16)22)14-8-5-12(20(23)24)9-15(14)25-2/h3-9,16H,10H2,1-2H3. The summed E-state index contributed by atoms with van der Waals surface area (Å²) < 4.78 is 5.15. The van der Waals surface area contributed by atoms with E-state index < -0.39 is 10.2 Å². The fraction of sp³-hybridized carbons (Fsp3) is 0.222. The van der Waals surface area contributed by atoms with Gasteiger partial charge in [0.1, 0.15) is 5.75 Å². The molecule has 1 atom stereocenters. The van der Waals surface area contributed by atoms with Gasteiger partial charge in [-0.2, -0.15) is 0 Å². The molecule has 8 heteroatoms. The molecule has 3 rings (SSSR count). The first-order valence-electron chi connectivity index (χ1n) is 7.83. The summed E-state index contributed by atoms with van der Waals surface area (Å²) in [6, 6.07) is 11.5. The molecule has 0 aliphatic carbocycles. The van der Waals surface area contributed by atoms with Crippen LogP contribution in [0.15, 0.2) is 47.4 Å². The highest BCUT2D eigenvalue weighted by atomic mass is 32.2. The van der Waals surface area contributed by atoms with Crippen LogP contribution >= 0.6 is 11.8 Å². The molecular formula is C18H16N2O5S.